The van der Waals surface area contributed by atoms with E-state index in [1.807, 2.05) is 0 Å². The third-order valence-electron chi connectivity index (χ3n) is 4.02. The number of anilines is 1. The van der Waals surface area contributed by atoms with Crippen molar-refractivity contribution in [2.24, 2.45) is 0 Å². The number of carbonyl (C=O) groups is 2. The van der Waals surface area contributed by atoms with Crippen molar-refractivity contribution < 1.29 is 19.2 Å². The van der Waals surface area contributed by atoms with Gasteiger partial charge in [-0.15, -0.1) is 11.3 Å². The molecule has 0 aromatic carbocycles. The molecule has 0 spiro atoms. The number of nitrogens with zero attached hydrogens (tertiary/aromatic N) is 3. The van der Waals surface area contributed by atoms with E-state index >= 15 is 0 Å². The van der Waals surface area contributed by atoms with E-state index in [-0.39, 0.29) is 19.0 Å². The number of rotatable bonds is 6. The highest BCUT2D eigenvalue weighted by Crippen LogP contribution is 2.38. The van der Waals surface area contributed by atoms with Crippen molar-refractivity contribution in [1.29, 1.82) is 0 Å². The van der Waals surface area contributed by atoms with Gasteiger partial charge < -0.3 is 20.2 Å². The predicted molar refractivity (Wildman–Crippen MR) is 94.4 cm³/mol. The van der Waals surface area contributed by atoms with E-state index in [0.717, 1.165) is 36.1 Å². The molecule has 26 heavy (non-hydrogen) atoms. The number of hydrogen-bond donors (Lipinski definition) is 1. The minimum Gasteiger partial charge on any atom is -0.462 e. The number of fused-ring (bicyclic) bond motifs is 1. The SMILES string of the molecule is CCOC(=O)c1c(NC(=O)Cn2ccc([N+](=O)[O-])n2)sc2c1CCCC2. The summed E-state index contributed by atoms with van der Waals surface area (Å²) in [5.41, 5.74) is 1.40. The number of aromatic nitrogens is 2. The molecule has 1 aliphatic carbocycles. The number of ether oxygens (including phenoxy) is 1. The average Bonchev–Trinajstić information content (AvgIpc) is 3.19. The Morgan fingerprint density at radius 3 is 2.88 bits per heavy atom. The summed E-state index contributed by atoms with van der Waals surface area (Å²) in [6.07, 6.45) is 5.10. The molecule has 0 bridgehead atoms. The molecule has 138 valence electrons. The van der Waals surface area contributed by atoms with Crippen LogP contribution in [0.5, 0.6) is 0 Å². The molecule has 0 atom stereocenters. The lowest BCUT2D eigenvalue weighted by Crippen LogP contribution is -2.20. The Balaban J connectivity index is 1.79. The van der Waals surface area contributed by atoms with Crippen LogP contribution in [-0.4, -0.2) is 33.2 Å². The Bertz CT molecular complexity index is 857. The number of nitrogens with one attached hydrogen (secondary N) is 1. The third-order valence-corrected chi connectivity index (χ3v) is 5.23. The molecule has 2 heterocycles. The van der Waals surface area contributed by atoms with Gasteiger partial charge in [-0.1, -0.05) is 0 Å². The van der Waals surface area contributed by atoms with Crippen LogP contribution >= 0.6 is 11.3 Å². The molecule has 1 N–H and O–H groups in total. The molecule has 9 nitrogen and oxygen atoms in total. The van der Waals surface area contributed by atoms with Crippen LogP contribution in [0.4, 0.5) is 10.8 Å². The summed E-state index contributed by atoms with van der Waals surface area (Å²) >= 11 is 1.39. The number of aryl methyl sites for hydroxylation is 1. The zero-order chi connectivity index (χ0) is 18.7. The summed E-state index contributed by atoms with van der Waals surface area (Å²) in [6, 6.07) is 1.22. The standard InChI is InChI=1S/C16H18N4O5S/c1-2-25-16(22)14-10-5-3-4-6-11(10)26-15(14)17-13(21)9-19-8-7-12(18-19)20(23)24/h7-8H,2-6,9H2,1H3,(H,17,21). The van der Waals surface area contributed by atoms with Crippen molar-refractivity contribution in [2.75, 3.05) is 11.9 Å². The molecular weight excluding hydrogens is 360 g/mol. The van der Waals surface area contributed by atoms with E-state index in [9.17, 15) is 19.7 Å². The summed E-state index contributed by atoms with van der Waals surface area (Å²) in [4.78, 5) is 35.8. The van der Waals surface area contributed by atoms with Crippen LogP contribution in [0.3, 0.4) is 0 Å². The second-order valence-electron chi connectivity index (χ2n) is 5.81. The van der Waals surface area contributed by atoms with Crippen molar-refractivity contribution >= 4 is 34.0 Å². The maximum Gasteiger partial charge on any atom is 0.389 e. The molecule has 0 aliphatic heterocycles. The van der Waals surface area contributed by atoms with E-state index in [2.05, 4.69) is 10.4 Å². The molecule has 0 radical (unpaired) electrons. The monoisotopic (exact) mass is 378 g/mol. The minimum atomic E-state index is -0.624. The Morgan fingerprint density at radius 1 is 1.42 bits per heavy atom. The molecule has 0 saturated carbocycles. The van der Waals surface area contributed by atoms with Crippen molar-refractivity contribution in [2.45, 2.75) is 39.2 Å². The van der Waals surface area contributed by atoms with E-state index in [0.29, 0.717) is 10.6 Å². The van der Waals surface area contributed by atoms with Gasteiger partial charge >= 0.3 is 11.8 Å². The summed E-state index contributed by atoms with van der Waals surface area (Å²) in [5, 5.41) is 17.6. The fraction of sp³-hybridized carbons (Fsp3) is 0.438. The molecule has 0 fully saturated rings. The van der Waals surface area contributed by atoms with Gasteiger partial charge in [-0.2, -0.15) is 4.68 Å². The first-order chi connectivity index (χ1) is 12.5. The van der Waals surface area contributed by atoms with Crippen molar-refractivity contribution in [1.82, 2.24) is 9.78 Å². The third kappa shape index (κ3) is 3.74. The zero-order valence-corrected chi connectivity index (χ0v) is 15.0. The average molecular weight is 378 g/mol. The summed E-state index contributed by atoms with van der Waals surface area (Å²) in [5.74, 6) is -1.17. The summed E-state index contributed by atoms with van der Waals surface area (Å²) in [7, 11) is 0. The van der Waals surface area contributed by atoms with Crippen LogP contribution in [-0.2, 0) is 28.9 Å². The van der Waals surface area contributed by atoms with Crippen LogP contribution in [0.25, 0.3) is 0 Å². The van der Waals surface area contributed by atoms with Crippen LogP contribution in [0, 0.1) is 10.1 Å². The fourth-order valence-corrected chi connectivity index (χ4v) is 4.22. The number of hydrogen-bond acceptors (Lipinski definition) is 7. The smallest absolute Gasteiger partial charge is 0.389 e. The minimum absolute atomic E-state index is 0.182. The largest absolute Gasteiger partial charge is 0.462 e. The van der Waals surface area contributed by atoms with E-state index < -0.39 is 16.8 Å². The zero-order valence-electron chi connectivity index (χ0n) is 14.2. The van der Waals surface area contributed by atoms with Crippen LogP contribution in [0.2, 0.25) is 0 Å². The van der Waals surface area contributed by atoms with Gasteiger partial charge in [0.2, 0.25) is 5.91 Å². The van der Waals surface area contributed by atoms with Gasteiger partial charge in [-0.05, 0) is 43.1 Å². The molecule has 0 unspecified atom stereocenters. The molecule has 10 heteroatoms. The Hall–Kier alpha value is -2.75. The second kappa shape index (κ2) is 7.65. The summed E-state index contributed by atoms with van der Waals surface area (Å²) in [6.45, 7) is 1.81. The van der Waals surface area contributed by atoms with Gasteiger partial charge in [-0.3, -0.25) is 4.79 Å². The lowest BCUT2D eigenvalue weighted by molar-refractivity contribution is -0.389. The van der Waals surface area contributed by atoms with E-state index in [1.54, 1.807) is 6.92 Å². The number of nitro groups is 1. The maximum absolute atomic E-state index is 12.4. The lowest BCUT2D eigenvalue weighted by atomic mass is 9.95. The van der Waals surface area contributed by atoms with Crippen molar-refractivity contribution in [3.8, 4) is 0 Å². The Kier molecular flexibility index (Phi) is 5.31. The quantitative estimate of drug-likeness (QED) is 0.469. The first kappa shape index (κ1) is 18.1. The molecule has 2 aromatic heterocycles. The highest BCUT2D eigenvalue weighted by molar-refractivity contribution is 7.17. The first-order valence-electron chi connectivity index (χ1n) is 8.29. The first-order valence-corrected chi connectivity index (χ1v) is 9.10. The fourth-order valence-electron chi connectivity index (χ4n) is 2.92. The maximum atomic E-state index is 12.4. The van der Waals surface area contributed by atoms with Gasteiger partial charge in [0, 0.05) is 4.88 Å². The lowest BCUT2D eigenvalue weighted by Gasteiger charge is -2.12. The number of thiophene rings is 1. The number of amides is 1. The van der Waals surface area contributed by atoms with Gasteiger partial charge in [0.25, 0.3) is 0 Å². The molecule has 1 aliphatic rings. The highest BCUT2D eigenvalue weighted by atomic mass is 32.1. The highest BCUT2D eigenvalue weighted by Gasteiger charge is 2.27. The normalized spacial score (nSPS) is 13.1. The van der Waals surface area contributed by atoms with Gasteiger partial charge in [0.05, 0.1) is 29.5 Å². The molecule has 3 rings (SSSR count). The topological polar surface area (TPSA) is 116 Å². The van der Waals surface area contributed by atoms with Gasteiger partial charge in [-0.25, -0.2) is 4.79 Å². The van der Waals surface area contributed by atoms with E-state index in [4.69, 9.17) is 4.74 Å². The van der Waals surface area contributed by atoms with Crippen LogP contribution < -0.4 is 5.32 Å². The Labute approximate surface area is 153 Å². The van der Waals surface area contributed by atoms with Crippen molar-refractivity contribution in [3.05, 3.63) is 38.4 Å². The van der Waals surface area contributed by atoms with Crippen LogP contribution in [0.1, 0.15) is 40.6 Å². The van der Waals surface area contributed by atoms with Gasteiger partial charge in [0.15, 0.2) is 0 Å². The number of carbonyl (C=O) groups excluding carboxylic acids is 2. The molecule has 0 saturated heterocycles. The summed E-state index contributed by atoms with van der Waals surface area (Å²) < 4.78 is 6.33. The molecule has 1 amide bonds. The van der Waals surface area contributed by atoms with Crippen molar-refractivity contribution in [3.63, 3.8) is 0 Å². The number of esters is 1. The van der Waals surface area contributed by atoms with Crippen LogP contribution in [0.15, 0.2) is 12.3 Å². The van der Waals surface area contributed by atoms with E-state index in [1.165, 1.54) is 28.3 Å². The molecule has 2 aromatic rings. The molecular formula is C16H18N4O5S. The predicted octanol–water partition coefficient (Wildman–Crippen LogP) is 2.55. The second-order valence-corrected chi connectivity index (χ2v) is 6.92. The van der Waals surface area contributed by atoms with Gasteiger partial charge in [0.1, 0.15) is 11.5 Å². The Morgan fingerprint density at radius 2 is 2.19 bits per heavy atom.